The molecule has 1 N–H and O–H groups in total. The van der Waals surface area contributed by atoms with Crippen molar-refractivity contribution >= 4 is 11.8 Å². The summed E-state index contributed by atoms with van der Waals surface area (Å²) in [5, 5.41) is 10.4. The smallest absolute Gasteiger partial charge is 0.229 e. The Bertz CT molecular complexity index is 299. The van der Waals surface area contributed by atoms with Crippen molar-refractivity contribution in [2.45, 2.75) is 51.0 Å². The van der Waals surface area contributed by atoms with Crippen LogP contribution in [0.1, 0.15) is 45.4 Å². The Morgan fingerprint density at radius 2 is 2.00 bits per heavy atom. The first kappa shape index (κ1) is 11.6. The highest BCUT2D eigenvalue weighted by Crippen LogP contribution is 2.33. The maximum Gasteiger partial charge on any atom is 0.229 e. The van der Waals surface area contributed by atoms with Crippen molar-refractivity contribution in [3.63, 3.8) is 0 Å². The summed E-state index contributed by atoms with van der Waals surface area (Å²) in [6.07, 6.45) is 4.13. The van der Waals surface area contributed by atoms with E-state index in [9.17, 15) is 14.7 Å². The van der Waals surface area contributed by atoms with Crippen LogP contribution in [0.3, 0.4) is 0 Å². The lowest BCUT2D eigenvalue weighted by Gasteiger charge is -2.37. The van der Waals surface area contributed by atoms with Crippen molar-refractivity contribution in [3.05, 3.63) is 0 Å². The summed E-state index contributed by atoms with van der Waals surface area (Å²) in [4.78, 5) is 24.2. The predicted molar refractivity (Wildman–Crippen MR) is 58.5 cm³/mol. The molecule has 90 valence electrons. The second kappa shape index (κ2) is 4.17. The molecule has 2 fully saturated rings. The zero-order chi connectivity index (χ0) is 11.8. The van der Waals surface area contributed by atoms with Gasteiger partial charge in [-0.2, -0.15) is 0 Å². The fourth-order valence-corrected chi connectivity index (χ4v) is 2.87. The molecule has 0 aromatic rings. The summed E-state index contributed by atoms with van der Waals surface area (Å²) < 4.78 is 0. The number of likely N-dealkylation sites (tertiary alicyclic amines) is 1. The van der Waals surface area contributed by atoms with Crippen LogP contribution >= 0.6 is 0 Å². The van der Waals surface area contributed by atoms with Gasteiger partial charge in [0.05, 0.1) is 12.1 Å². The molecule has 1 aliphatic carbocycles. The summed E-state index contributed by atoms with van der Waals surface area (Å²) in [5.41, 5.74) is -0.840. The van der Waals surface area contributed by atoms with E-state index in [0.29, 0.717) is 31.6 Å². The highest BCUT2D eigenvalue weighted by atomic mass is 16.3. The first-order valence-corrected chi connectivity index (χ1v) is 6.06. The molecule has 2 atom stereocenters. The molecule has 0 bridgehead atoms. The molecular weight excluding hydrogens is 206 g/mol. The Labute approximate surface area is 95.6 Å². The molecule has 0 aromatic carbocycles. The zero-order valence-corrected chi connectivity index (χ0v) is 9.74. The first-order valence-electron chi connectivity index (χ1n) is 6.06. The fourth-order valence-electron chi connectivity index (χ4n) is 2.87. The number of carbonyl (C=O) groups excluding carboxylic acids is 2. The van der Waals surface area contributed by atoms with Crippen LogP contribution in [0.15, 0.2) is 0 Å². The summed E-state index contributed by atoms with van der Waals surface area (Å²) in [5.74, 6) is 0.222. The van der Waals surface area contributed by atoms with Gasteiger partial charge in [0.1, 0.15) is 0 Å². The van der Waals surface area contributed by atoms with Crippen molar-refractivity contribution < 1.29 is 14.7 Å². The SMILES string of the molecule is CC1CCCC(O)(CN2C(=O)CCC2=O)C1. The Morgan fingerprint density at radius 1 is 1.38 bits per heavy atom. The Kier molecular flexibility index (Phi) is 3.02. The number of hydrogen-bond acceptors (Lipinski definition) is 3. The van der Waals surface area contributed by atoms with Gasteiger partial charge in [-0.15, -0.1) is 0 Å². The lowest BCUT2D eigenvalue weighted by atomic mass is 9.78. The molecule has 2 unspecified atom stereocenters. The Balaban J connectivity index is 2.02. The van der Waals surface area contributed by atoms with Gasteiger partial charge in [-0.25, -0.2) is 0 Å². The van der Waals surface area contributed by atoms with Gasteiger partial charge in [0, 0.05) is 12.8 Å². The maximum absolute atomic E-state index is 11.5. The van der Waals surface area contributed by atoms with Gasteiger partial charge in [0.25, 0.3) is 0 Å². The van der Waals surface area contributed by atoms with Crippen molar-refractivity contribution in [2.75, 3.05) is 6.54 Å². The largest absolute Gasteiger partial charge is 0.388 e. The molecule has 2 aliphatic rings. The third kappa shape index (κ3) is 2.26. The van der Waals surface area contributed by atoms with Gasteiger partial charge in [0.15, 0.2) is 0 Å². The quantitative estimate of drug-likeness (QED) is 0.715. The van der Waals surface area contributed by atoms with E-state index in [0.717, 1.165) is 12.8 Å². The molecule has 1 saturated heterocycles. The number of rotatable bonds is 2. The molecule has 4 nitrogen and oxygen atoms in total. The number of nitrogens with zero attached hydrogens (tertiary/aromatic N) is 1. The Hall–Kier alpha value is -0.900. The topological polar surface area (TPSA) is 57.6 Å². The number of amides is 2. The number of β-amino-alcohol motifs (C(OH)–C–C–N with tert-alkyl or cyclic N) is 1. The lowest BCUT2D eigenvalue weighted by Crippen LogP contribution is -2.47. The minimum Gasteiger partial charge on any atom is -0.388 e. The molecule has 4 heteroatoms. The van der Waals surface area contributed by atoms with E-state index < -0.39 is 5.60 Å². The third-order valence-corrected chi connectivity index (χ3v) is 3.67. The van der Waals surface area contributed by atoms with E-state index in [1.165, 1.54) is 4.90 Å². The average Bonchev–Trinajstić information content (AvgIpc) is 2.49. The van der Waals surface area contributed by atoms with Crippen LogP contribution in [-0.2, 0) is 9.59 Å². The molecule has 1 saturated carbocycles. The predicted octanol–water partition coefficient (Wildman–Crippen LogP) is 1.08. The highest BCUT2D eigenvalue weighted by Gasteiger charge is 2.39. The van der Waals surface area contributed by atoms with E-state index >= 15 is 0 Å². The molecule has 2 amide bonds. The average molecular weight is 225 g/mol. The van der Waals surface area contributed by atoms with Crippen molar-refractivity contribution in [1.82, 2.24) is 4.90 Å². The lowest BCUT2D eigenvalue weighted by molar-refractivity contribution is -0.144. The van der Waals surface area contributed by atoms with Crippen LogP contribution in [0.4, 0.5) is 0 Å². The highest BCUT2D eigenvalue weighted by molar-refractivity contribution is 6.01. The van der Waals surface area contributed by atoms with E-state index in [-0.39, 0.29) is 18.4 Å². The van der Waals surface area contributed by atoms with Crippen LogP contribution in [0.5, 0.6) is 0 Å². The Morgan fingerprint density at radius 3 is 2.56 bits per heavy atom. The summed E-state index contributed by atoms with van der Waals surface area (Å²) in [7, 11) is 0. The second-order valence-corrected chi connectivity index (χ2v) is 5.30. The number of hydrogen-bond donors (Lipinski definition) is 1. The molecule has 16 heavy (non-hydrogen) atoms. The van der Waals surface area contributed by atoms with Crippen LogP contribution in [0.25, 0.3) is 0 Å². The number of carbonyl (C=O) groups is 2. The van der Waals surface area contributed by atoms with Gasteiger partial charge >= 0.3 is 0 Å². The van der Waals surface area contributed by atoms with Crippen LogP contribution in [0.2, 0.25) is 0 Å². The zero-order valence-electron chi connectivity index (χ0n) is 9.74. The number of imide groups is 1. The van der Waals surface area contributed by atoms with Gasteiger partial charge < -0.3 is 5.11 Å². The summed E-state index contributed by atoms with van der Waals surface area (Å²) >= 11 is 0. The van der Waals surface area contributed by atoms with E-state index in [1.807, 2.05) is 0 Å². The molecule has 1 heterocycles. The van der Waals surface area contributed by atoms with E-state index in [4.69, 9.17) is 0 Å². The monoisotopic (exact) mass is 225 g/mol. The number of aliphatic hydroxyl groups is 1. The fraction of sp³-hybridized carbons (Fsp3) is 0.833. The van der Waals surface area contributed by atoms with Crippen molar-refractivity contribution in [2.24, 2.45) is 5.92 Å². The summed E-state index contributed by atoms with van der Waals surface area (Å²) in [6, 6.07) is 0. The molecule has 0 radical (unpaired) electrons. The minimum atomic E-state index is -0.840. The second-order valence-electron chi connectivity index (χ2n) is 5.30. The van der Waals surface area contributed by atoms with Crippen molar-refractivity contribution in [3.8, 4) is 0 Å². The van der Waals surface area contributed by atoms with Gasteiger partial charge in [-0.3, -0.25) is 14.5 Å². The molecule has 1 aliphatic heterocycles. The summed E-state index contributed by atoms with van der Waals surface area (Å²) in [6.45, 7) is 2.31. The van der Waals surface area contributed by atoms with Gasteiger partial charge in [-0.05, 0) is 18.8 Å². The standard InChI is InChI=1S/C12H19NO3/c1-9-3-2-6-12(16,7-9)8-13-10(14)4-5-11(13)15/h9,16H,2-8H2,1H3. The molecule has 0 spiro atoms. The normalized spacial score (nSPS) is 35.9. The third-order valence-electron chi connectivity index (χ3n) is 3.67. The van der Waals surface area contributed by atoms with Crippen LogP contribution < -0.4 is 0 Å². The van der Waals surface area contributed by atoms with Crippen LogP contribution in [0, 0.1) is 5.92 Å². The molecular formula is C12H19NO3. The molecule has 2 rings (SSSR count). The van der Waals surface area contributed by atoms with E-state index in [1.54, 1.807) is 0 Å². The van der Waals surface area contributed by atoms with Crippen LogP contribution in [-0.4, -0.2) is 34.0 Å². The van der Waals surface area contributed by atoms with Gasteiger partial charge in [0.2, 0.25) is 11.8 Å². The maximum atomic E-state index is 11.5. The first-order chi connectivity index (χ1) is 7.50. The molecule has 0 aromatic heterocycles. The van der Waals surface area contributed by atoms with Gasteiger partial charge in [-0.1, -0.05) is 19.8 Å². The van der Waals surface area contributed by atoms with Crippen molar-refractivity contribution in [1.29, 1.82) is 0 Å². The minimum absolute atomic E-state index is 0.128. The van der Waals surface area contributed by atoms with E-state index in [2.05, 4.69) is 6.92 Å².